The summed E-state index contributed by atoms with van der Waals surface area (Å²) in [6.07, 6.45) is 6.86. The van der Waals surface area contributed by atoms with Gasteiger partial charge in [-0.25, -0.2) is 4.98 Å². The molecule has 0 bridgehead atoms. The van der Waals surface area contributed by atoms with E-state index in [1.807, 2.05) is 6.07 Å². The van der Waals surface area contributed by atoms with Crippen LogP contribution in [-0.2, 0) is 13.0 Å². The second-order valence-corrected chi connectivity index (χ2v) is 8.59. The Balaban J connectivity index is 1.30. The Morgan fingerprint density at radius 1 is 1.03 bits per heavy atom. The fourth-order valence-electron chi connectivity index (χ4n) is 4.03. The van der Waals surface area contributed by atoms with Crippen molar-refractivity contribution in [2.45, 2.75) is 46.1 Å². The van der Waals surface area contributed by atoms with E-state index < -0.39 is 0 Å². The minimum Gasteiger partial charge on any atom is -0.493 e. The van der Waals surface area contributed by atoms with Crippen LogP contribution in [0.4, 0.5) is 0 Å². The van der Waals surface area contributed by atoms with Gasteiger partial charge >= 0.3 is 0 Å². The summed E-state index contributed by atoms with van der Waals surface area (Å²) in [4.78, 5) is 21.1. The number of para-hydroxylation sites is 2. The zero-order chi connectivity index (χ0) is 23.8. The number of carbonyl (C=O) groups excluding carboxylic acids is 1. The third-order valence-corrected chi connectivity index (χ3v) is 5.90. The molecule has 6 heteroatoms. The first-order valence-corrected chi connectivity index (χ1v) is 11.9. The first kappa shape index (κ1) is 23.5. The van der Waals surface area contributed by atoms with Crippen molar-refractivity contribution in [3.05, 3.63) is 89.5 Å². The SMILES string of the molecule is Cc1ccc(C)c(OCCCCn2c(CCCNC(=O)c3cccnc3)nc3ccccc32)c1. The molecule has 6 nitrogen and oxygen atoms in total. The second kappa shape index (κ2) is 11.5. The van der Waals surface area contributed by atoms with Crippen molar-refractivity contribution in [2.75, 3.05) is 13.2 Å². The van der Waals surface area contributed by atoms with Crippen molar-refractivity contribution in [1.29, 1.82) is 0 Å². The number of unbranched alkanes of at least 4 members (excludes halogenated alkanes) is 1. The number of aromatic nitrogens is 3. The van der Waals surface area contributed by atoms with Gasteiger partial charge in [0, 0.05) is 31.9 Å². The van der Waals surface area contributed by atoms with Crippen LogP contribution < -0.4 is 10.1 Å². The van der Waals surface area contributed by atoms with E-state index in [1.54, 1.807) is 24.5 Å². The third kappa shape index (κ3) is 6.01. The number of rotatable bonds is 11. The number of hydrogen-bond donors (Lipinski definition) is 1. The number of carbonyl (C=O) groups is 1. The van der Waals surface area contributed by atoms with E-state index in [1.165, 1.54) is 11.1 Å². The molecule has 0 aliphatic rings. The lowest BCUT2D eigenvalue weighted by Crippen LogP contribution is -2.25. The van der Waals surface area contributed by atoms with Gasteiger partial charge in [-0.1, -0.05) is 24.3 Å². The van der Waals surface area contributed by atoms with Crippen LogP contribution in [0.2, 0.25) is 0 Å². The molecule has 0 saturated heterocycles. The summed E-state index contributed by atoms with van der Waals surface area (Å²) in [7, 11) is 0. The molecule has 0 saturated carbocycles. The smallest absolute Gasteiger partial charge is 0.252 e. The predicted octanol–water partition coefficient (Wildman–Crippen LogP) is 5.27. The minimum atomic E-state index is -0.0922. The lowest BCUT2D eigenvalue weighted by atomic mass is 10.1. The number of fused-ring (bicyclic) bond motifs is 1. The van der Waals surface area contributed by atoms with Gasteiger partial charge in [-0.05, 0) is 74.6 Å². The van der Waals surface area contributed by atoms with Crippen molar-refractivity contribution in [2.24, 2.45) is 0 Å². The molecule has 0 aliphatic heterocycles. The van der Waals surface area contributed by atoms with Gasteiger partial charge in [-0.15, -0.1) is 0 Å². The zero-order valence-corrected chi connectivity index (χ0v) is 20.0. The Labute approximate surface area is 201 Å². The number of hydrogen-bond acceptors (Lipinski definition) is 4. The third-order valence-electron chi connectivity index (χ3n) is 5.90. The number of nitrogens with one attached hydrogen (secondary N) is 1. The molecular weight excluding hydrogens is 424 g/mol. The van der Waals surface area contributed by atoms with Crippen LogP contribution in [0.5, 0.6) is 5.75 Å². The highest BCUT2D eigenvalue weighted by Gasteiger charge is 2.11. The average Bonchev–Trinajstić information content (AvgIpc) is 3.21. The highest BCUT2D eigenvalue weighted by atomic mass is 16.5. The molecule has 2 heterocycles. The first-order valence-electron chi connectivity index (χ1n) is 11.9. The van der Waals surface area contributed by atoms with Gasteiger partial charge in [-0.3, -0.25) is 9.78 Å². The largest absolute Gasteiger partial charge is 0.493 e. The monoisotopic (exact) mass is 456 g/mol. The topological polar surface area (TPSA) is 69.0 Å². The highest BCUT2D eigenvalue weighted by Crippen LogP contribution is 2.20. The summed E-state index contributed by atoms with van der Waals surface area (Å²) in [5.74, 6) is 1.94. The van der Waals surface area contributed by atoms with Crippen LogP contribution in [0.1, 0.15) is 46.6 Å². The van der Waals surface area contributed by atoms with Crippen molar-refractivity contribution < 1.29 is 9.53 Å². The molecule has 0 atom stereocenters. The van der Waals surface area contributed by atoms with Gasteiger partial charge in [0.15, 0.2) is 0 Å². The van der Waals surface area contributed by atoms with Crippen molar-refractivity contribution in [3.8, 4) is 5.75 Å². The molecule has 0 aliphatic carbocycles. The van der Waals surface area contributed by atoms with Crippen LogP contribution in [0.25, 0.3) is 11.0 Å². The van der Waals surface area contributed by atoms with E-state index in [9.17, 15) is 4.79 Å². The lowest BCUT2D eigenvalue weighted by molar-refractivity contribution is 0.0952. The molecule has 176 valence electrons. The molecule has 4 rings (SSSR count). The van der Waals surface area contributed by atoms with E-state index in [2.05, 4.69) is 65.1 Å². The summed E-state index contributed by atoms with van der Waals surface area (Å²) in [5.41, 5.74) is 5.14. The number of amides is 1. The summed E-state index contributed by atoms with van der Waals surface area (Å²) in [5, 5.41) is 2.97. The van der Waals surface area contributed by atoms with Crippen molar-refractivity contribution in [3.63, 3.8) is 0 Å². The second-order valence-electron chi connectivity index (χ2n) is 8.59. The maximum atomic E-state index is 12.2. The van der Waals surface area contributed by atoms with E-state index in [4.69, 9.17) is 9.72 Å². The lowest BCUT2D eigenvalue weighted by Gasteiger charge is -2.12. The Morgan fingerprint density at radius 2 is 1.91 bits per heavy atom. The minimum absolute atomic E-state index is 0.0922. The molecule has 0 fully saturated rings. The van der Waals surface area contributed by atoms with Crippen LogP contribution in [-0.4, -0.2) is 33.6 Å². The molecule has 1 amide bonds. The molecule has 2 aromatic carbocycles. The number of imidazole rings is 1. The Kier molecular flexibility index (Phi) is 7.91. The fraction of sp³-hybridized carbons (Fsp3) is 0.321. The number of ether oxygens (including phenoxy) is 1. The van der Waals surface area contributed by atoms with E-state index in [0.717, 1.165) is 54.8 Å². The average molecular weight is 457 g/mol. The highest BCUT2D eigenvalue weighted by molar-refractivity contribution is 5.93. The first-order chi connectivity index (χ1) is 16.6. The van der Waals surface area contributed by atoms with Gasteiger partial charge in [0.05, 0.1) is 23.2 Å². The van der Waals surface area contributed by atoms with Gasteiger partial charge in [0.2, 0.25) is 0 Å². The number of nitrogens with zero attached hydrogens (tertiary/aromatic N) is 3. The zero-order valence-electron chi connectivity index (χ0n) is 20.0. The molecule has 1 N–H and O–H groups in total. The molecule has 0 radical (unpaired) electrons. The molecular formula is C28H32N4O2. The molecule has 0 spiro atoms. The Bertz CT molecular complexity index is 1230. The molecule has 0 unspecified atom stereocenters. The van der Waals surface area contributed by atoms with Gasteiger partial charge in [0.1, 0.15) is 11.6 Å². The Morgan fingerprint density at radius 3 is 2.76 bits per heavy atom. The standard InChI is InChI=1S/C28H32N4O2/c1-21-13-14-22(2)26(19-21)34-18-6-5-17-32-25-11-4-3-10-24(25)31-27(32)12-8-16-30-28(33)23-9-7-15-29-20-23/h3-4,7,9-11,13-15,19-20H,5-6,8,12,16-18H2,1-2H3,(H,30,33). The van der Waals surface area contributed by atoms with E-state index in [0.29, 0.717) is 18.7 Å². The maximum Gasteiger partial charge on any atom is 0.252 e. The van der Waals surface area contributed by atoms with Crippen molar-refractivity contribution >= 4 is 16.9 Å². The normalized spacial score (nSPS) is 11.0. The summed E-state index contributed by atoms with van der Waals surface area (Å²) in [6.45, 7) is 6.36. The molecule has 4 aromatic rings. The Hall–Kier alpha value is -3.67. The number of aryl methyl sites for hydroxylation is 4. The molecule has 34 heavy (non-hydrogen) atoms. The fourth-order valence-corrected chi connectivity index (χ4v) is 4.03. The van der Waals surface area contributed by atoms with E-state index >= 15 is 0 Å². The maximum absolute atomic E-state index is 12.2. The van der Waals surface area contributed by atoms with E-state index in [-0.39, 0.29) is 5.91 Å². The van der Waals surface area contributed by atoms with Gasteiger partial charge < -0.3 is 14.6 Å². The number of pyridine rings is 1. The molecule has 2 aromatic heterocycles. The summed E-state index contributed by atoms with van der Waals surface area (Å²) < 4.78 is 8.34. The number of benzene rings is 2. The van der Waals surface area contributed by atoms with Gasteiger partial charge in [-0.2, -0.15) is 0 Å². The van der Waals surface area contributed by atoms with Crippen LogP contribution in [0.15, 0.2) is 67.0 Å². The predicted molar refractivity (Wildman–Crippen MR) is 135 cm³/mol. The van der Waals surface area contributed by atoms with Crippen molar-refractivity contribution in [1.82, 2.24) is 19.9 Å². The van der Waals surface area contributed by atoms with Crippen LogP contribution in [0.3, 0.4) is 0 Å². The summed E-state index contributed by atoms with van der Waals surface area (Å²) in [6, 6.07) is 18.1. The quantitative estimate of drug-likeness (QED) is 0.312. The van der Waals surface area contributed by atoms with Crippen LogP contribution in [0, 0.1) is 13.8 Å². The van der Waals surface area contributed by atoms with Crippen LogP contribution >= 0.6 is 0 Å². The summed E-state index contributed by atoms with van der Waals surface area (Å²) >= 11 is 0. The van der Waals surface area contributed by atoms with Gasteiger partial charge in [0.25, 0.3) is 5.91 Å².